The molecular formula is C16H21ClN4O. The Morgan fingerprint density at radius 3 is 2.50 bits per heavy atom. The van der Waals surface area contributed by atoms with E-state index in [-0.39, 0.29) is 18.3 Å². The van der Waals surface area contributed by atoms with Gasteiger partial charge in [-0.25, -0.2) is 4.98 Å². The molecule has 1 heterocycles. The van der Waals surface area contributed by atoms with Crippen LogP contribution in [0.25, 0.3) is 0 Å². The van der Waals surface area contributed by atoms with Crippen LogP contribution < -0.4 is 16.4 Å². The zero-order valence-corrected chi connectivity index (χ0v) is 13.3. The summed E-state index contributed by atoms with van der Waals surface area (Å²) in [5.74, 6) is 0.541. The molecule has 5 nitrogen and oxygen atoms in total. The molecule has 0 saturated carbocycles. The minimum atomic E-state index is -0.475. The molecule has 1 amide bonds. The molecule has 0 saturated heterocycles. The third-order valence-electron chi connectivity index (χ3n) is 3.01. The van der Waals surface area contributed by atoms with Crippen molar-refractivity contribution in [2.75, 3.05) is 10.6 Å². The van der Waals surface area contributed by atoms with Crippen molar-refractivity contribution in [2.45, 2.75) is 25.8 Å². The smallest absolute Gasteiger partial charge is 0.241 e. The van der Waals surface area contributed by atoms with Crippen molar-refractivity contribution < 1.29 is 4.79 Å². The van der Waals surface area contributed by atoms with Crippen molar-refractivity contribution in [1.82, 2.24) is 4.98 Å². The summed E-state index contributed by atoms with van der Waals surface area (Å²) in [6.45, 7) is 2.00. The number of amides is 1. The molecule has 6 heteroatoms. The molecule has 0 radical (unpaired) electrons. The van der Waals surface area contributed by atoms with Crippen LogP contribution in [0.2, 0.25) is 0 Å². The van der Waals surface area contributed by atoms with E-state index in [1.165, 1.54) is 0 Å². The number of para-hydroxylation sites is 1. The molecule has 1 unspecified atom stereocenters. The Labute approximate surface area is 136 Å². The fourth-order valence-electron chi connectivity index (χ4n) is 1.89. The van der Waals surface area contributed by atoms with Crippen LogP contribution in [0.5, 0.6) is 0 Å². The molecule has 22 heavy (non-hydrogen) atoms. The topological polar surface area (TPSA) is 80.0 Å². The molecule has 2 aromatic rings. The molecule has 0 fully saturated rings. The maximum atomic E-state index is 11.8. The van der Waals surface area contributed by atoms with E-state index in [1.54, 1.807) is 12.3 Å². The summed E-state index contributed by atoms with van der Waals surface area (Å²) in [5, 5.41) is 5.94. The van der Waals surface area contributed by atoms with Crippen LogP contribution in [0.3, 0.4) is 0 Å². The highest BCUT2D eigenvalue weighted by Gasteiger charge is 2.12. The first-order chi connectivity index (χ1) is 10.2. The summed E-state index contributed by atoms with van der Waals surface area (Å²) in [4.78, 5) is 16.1. The summed E-state index contributed by atoms with van der Waals surface area (Å²) in [7, 11) is 0. The number of nitrogens with zero attached hydrogens (tertiary/aromatic N) is 1. The van der Waals surface area contributed by atoms with Gasteiger partial charge in [-0.1, -0.05) is 31.5 Å². The maximum absolute atomic E-state index is 11.8. The molecule has 118 valence electrons. The van der Waals surface area contributed by atoms with Gasteiger partial charge in [-0.15, -0.1) is 12.4 Å². The lowest BCUT2D eigenvalue weighted by Crippen LogP contribution is -2.35. The first-order valence-electron chi connectivity index (χ1n) is 7.03. The van der Waals surface area contributed by atoms with Gasteiger partial charge in [-0.3, -0.25) is 4.79 Å². The van der Waals surface area contributed by atoms with Crippen LogP contribution in [0.1, 0.15) is 19.8 Å². The average molecular weight is 321 g/mol. The Bertz CT molecular complexity index is 574. The van der Waals surface area contributed by atoms with Gasteiger partial charge in [0.15, 0.2) is 0 Å². The highest BCUT2D eigenvalue weighted by Crippen LogP contribution is 2.15. The quantitative estimate of drug-likeness (QED) is 0.762. The van der Waals surface area contributed by atoms with Crippen LogP contribution in [-0.2, 0) is 4.79 Å². The second-order valence-electron chi connectivity index (χ2n) is 4.81. The van der Waals surface area contributed by atoms with Crippen molar-refractivity contribution in [3.63, 3.8) is 0 Å². The van der Waals surface area contributed by atoms with E-state index in [4.69, 9.17) is 5.73 Å². The van der Waals surface area contributed by atoms with E-state index in [2.05, 4.69) is 15.6 Å². The predicted octanol–water partition coefficient (Wildman–Crippen LogP) is 3.31. The van der Waals surface area contributed by atoms with Gasteiger partial charge >= 0.3 is 0 Å². The number of nitrogens with two attached hydrogens (primary N) is 1. The first kappa shape index (κ1) is 17.9. The number of benzene rings is 1. The molecule has 4 N–H and O–H groups in total. The third-order valence-corrected chi connectivity index (χ3v) is 3.01. The number of hydrogen-bond acceptors (Lipinski definition) is 4. The number of carbonyl (C=O) groups excluding carboxylic acids is 1. The number of hydrogen-bond donors (Lipinski definition) is 3. The number of aromatic nitrogens is 1. The Kier molecular flexibility index (Phi) is 7.36. The summed E-state index contributed by atoms with van der Waals surface area (Å²) < 4.78 is 0. The molecule has 0 bridgehead atoms. The van der Waals surface area contributed by atoms with Crippen LogP contribution in [0, 0.1) is 0 Å². The van der Waals surface area contributed by atoms with Gasteiger partial charge in [0.05, 0.1) is 17.9 Å². The van der Waals surface area contributed by atoms with Crippen LogP contribution in [0.15, 0.2) is 48.7 Å². The van der Waals surface area contributed by atoms with Gasteiger partial charge in [0, 0.05) is 5.69 Å². The van der Waals surface area contributed by atoms with E-state index in [1.807, 2.05) is 43.3 Å². The fourth-order valence-corrected chi connectivity index (χ4v) is 1.89. The van der Waals surface area contributed by atoms with Crippen LogP contribution in [0.4, 0.5) is 17.2 Å². The minimum absolute atomic E-state index is 0. The van der Waals surface area contributed by atoms with E-state index in [0.29, 0.717) is 12.1 Å². The number of carbonyl (C=O) groups is 1. The van der Waals surface area contributed by atoms with Crippen molar-refractivity contribution in [3.8, 4) is 0 Å². The van der Waals surface area contributed by atoms with Gasteiger partial charge < -0.3 is 16.4 Å². The molecule has 0 aliphatic heterocycles. The summed E-state index contributed by atoms with van der Waals surface area (Å²) in [6.07, 6.45) is 3.17. The monoisotopic (exact) mass is 320 g/mol. The van der Waals surface area contributed by atoms with Crippen molar-refractivity contribution in [3.05, 3.63) is 48.7 Å². The molecule has 1 aromatic carbocycles. The molecule has 2 rings (SSSR count). The van der Waals surface area contributed by atoms with E-state index in [0.717, 1.165) is 17.9 Å². The van der Waals surface area contributed by atoms with Crippen molar-refractivity contribution in [2.24, 2.45) is 5.73 Å². The van der Waals surface area contributed by atoms with Gasteiger partial charge in [-0.2, -0.15) is 0 Å². The maximum Gasteiger partial charge on any atom is 0.241 e. The van der Waals surface area contributed by atoms with Crippen LogP contribution >= 0.6 is 12.4 Å². The molecule has 1 aromatic heterocycles. The normalized spacial score (nSPS) is 11.2. The fraction of sp³-hybridized carbons (Fsp3) is 0.250. The second-order valence-corrected chi connectivity index (χ2v) is 4.81. The van der Waals surface area contributed by atoms with Gasteiger partial charge in [0.2, 0.25) is 5.91 Å². The number of halogens is 1. The Balaban J connectivity index is 0.00000242. The van der Waals surface area contributed by atoms with Crippen LogP contribution in [-0.4, -0.2) is 16.9 Å². The summed E-state index contributed by atoms with van der Waals surface area (Å²) in [6, 6.07) is 12.9. The lowest BCUT2D eigenvalue weighted by atomic mass is 10.1. The average Bonchev–Trinajstić information content (AvgIpc) is 2.50. The Hall–Kier alpha value is -2.11. The molecular weight excluding hydrogens is 300 g/mol. The molecule has 0 spiro atoms. The standard InChI is InChI=1S/C16H20N4O.ClH/c1-2-6-14(17)16(21)20-13-9-10-15(18-11-13)19-12-7-4-3-5-8-12;/h3-5,7-11,14H,2,6,17H2,1H3,(H,18,19)(H,20,21);1H. The third kappa shape index (κ3) is 5.35. The van der Waals surface area contributed by atoms with Gasteiger partial charge in [0.25, 0.3) is 0 Å². The molecule has 0 aliphatic rings. The largest absolute Gasteiger partial charge is 0.340 e. The van der Waals surface area contributed by atoms with Crippen molar-refractivity contribution >= 4 is 35.5 Å². The minimum Gasteiger partial charge on any atom is -0.340 e. The van der Waals surface area contributed by atoms with Crippen molar-refractivity contribution in [1.29, 1.82) is 0 Å². The highest BCUT2D eigenvalue weighted by atomic mass is 35.5. The first-order valence-corrected chi connectivity index (χ1v) is 7.03. The predicted molar refractivity (Wildman–Crippen MR) is 92.7 cm³/mol. The summed E-state index contributed by atoms with van der Waals surface area (Å²) >= 11 is 0. The number of pyridine rings is 1. The SMILES string of the molecule is CCCC(N)C(=O)Nc1ccc(Nc2ccccc2)nc1.Cl. The zero-order valence-electron chi connectivity index (χ0n) is 12.5. The second kappa shape index (κ2) is 9.02. The van der Waals surface area contributed by atoms with E-state index >= 15 is 0 Å². The van der Waals surface area contributed by atoms with E-state index < -0.39 is 6.04 Å². The number of anilines is 3. The molecule has 1 atom stereocenters. The zero-order chi connectivity index (χ0) is 15.1. The highest BCUT2D eigenvalue weighted by molar-refractivity contribution is 5.94. The number of rotatable bonds is 6. The summed E-state index contributed by atoms with van der Waals surface area (Å²) in [5.41, 5.74) is 7.37. The van der Waals surface area contributed by atoms with Gasteiger partial charge in [-0.05, 0) is 30.7 Å². The number of nitrogens with one attached hydrogen (secondary N) is 2. The molecule has 0 aliphatic carbocycles. The lowest BCUT2D eigenvalue weighted by Gasteiger charge is -2.11. The lowest BCUT2D eigenvalue weighted by molar-refractivity contribution is -0.117. The Morgan fingerprint density at radius 1 is 1.18 bits per heavy atom. The van der Waals surface area contributed by atoms with Gasteiger partial charge in [0.1, 0.15) is 5.82 Å². The van der Waals surface area contributed by atoms with E-state index in [9.17, 15) is 4.79 Å². The Morgan fingerprint density at radius 2 is 1.91 bits per heavy atom.